The Kier molecular flexibility index (Phi) is 2.93. The van der Waals surface area contributed by atoms with Gasteiger partial charge in [0.2, 0.25) is 5.12 Å². The first-order chi connectivity index (χ1) is 5.20. The number of carbonyl (C=O) groups excluding carboxylic acids is 2. The predicted molar refractivity (Wildman–Crippen MR) is 41.7 cm³/mol. The van der Waals surface area contributed by atoms with Crippen LogP contribution in [0.1, 0.15) is 26.2 Å². The Morgan fingerprint density at radius 2 is 2.09 bits per heavy atom. The van der Waals surface area contributed by atoms with Crippen LogP contribution in [0.5, 0.6) is 0 Å². The maximum atomic E-state index is 10.9. The molecule has 0 atom stereocenters. The van der Waals surface area contributed by atoms with Gasteiger partial charge in [-0.3, -0.25) is 9.59 Å². The Morgan fingerprint density at radius 1 is 1.45 bits per heavy atom. The van der Waals surface area contributed by atoms with E-state index in [0.29, 0.717) is 12.0 Å². The van der Waals surface area contributed by atoms with Crippen LogP contribution >= 0.6 is 12.0 Å². The third kappa shape index (κ3) is 2.54. The van der Waals surface area contributed by atoms with E-state index in [4.69, 9.17) is 0 Å². The molecule has 1 aliphatic rings. The van der Waals surface area contributed by atoms with Gasteiger partial charge in [-0.2, -0.15) is 0 Å². The van der Waals surface area contributed by atoms with Gasteiger partial charge in [-0.25, -0.2) is 0 Å². The molecule has 0 N–H and O–H groups in total. The minimum Gasteiger partial charge on any atom is -0.383 e. The third-order valence-corrected chi connectivity index (χ3v) is 2.16. The van der Waals surface area contributed by atoms with Crippen molar-refractivity contribution in [3.63, 3.8) is 0 Å². The average molecular weight is 174 g/mol. The first kappa shape index (κ1) is 8.59. The Morgan fingerprint density at radius 3 is 2.45 bits per heavy atom. The zero-order valence-corrected chi connectivity index (χ0v) is 7.15. The van der Waals surface area contributed by atoms with E-state index in [9.17, 15) is 9.59 Å². The molecule has 0 radical (unpaired) electrons. The molecule has 4 heteroatoms. The standard InChI is InChI=1S/C7H10O3S/c1-5(8)11-10-7(9)6-3-2-4-6/h6H,2-4H2,1H3. The minimum absolute atomic E-state index is 0.0573. The Labute approximate surface area is 69.7 Å². The molecule has 1 aliphatic carbocycles. The molecule has 0 aromatic rings. The molecule has 62 valence electrons. The lowest BCUT2D eigenvalue weighted by atomic mass is 9.86. The van der Waals surface area contributed by atoms with Crippen LogP contribution in [-0.2, 0) is 13.8 Å². The molecule has 0 heterocycles. The van der Waals surface area contributed by atoms with E-state index in [1.807, 2.05) is 0 Å². The molecule has 0 aliphatic heterocycles. The van der Waals surface area contributed by atoms with Gasteiger partial charge in [-0.1, -0.05) is 6.42 Å². The first-order valence-electron chi connectivity index (χ1n) is 3.59. The Hall–Kier alpha value is -0.510. The van der Waals surface area contributed by atoms with Gasteiger partial charge in [0, 0.05) is 6.92 Å². The molecule has 0 saturated heterocycles. The number of rotatable bonds is 1. The van der Waals surface area contributed by atoms with Crippen molar-refractivity contribution < 1.29 is 13.8 Å². The molecule has 1 fully saturated rings. The Bertz CT molecular complexity index is 175. The highest BCUT2D eigenvalue weighted by atomic mass is 32.2. The van der Waals surface area contributed by atoms with E-state index >= 15 is 0 Å². The van der Waals surface area contributed by atoms with Gasteiger partial charge in [-0.15, -0.1) is 0 Å². The monoisotopic (exact) mass is 174 g/mol. The summed E-state index contributed by atoms with van der Waals surface area (Å²) >= 11 is 0.629. The zero-order valence-electron chi connectivity index (χ0n) is 6.33. The van der Waals surface area contributed by atoms with Crippen molar-refractivity contribution in [2.45, 2.75) is 26.2 Å². The number of carbonyl (C=O) groups is 2. The molecule has 0 spiro atoms. The van der Waals surface area contributed by atoms with Crippen LogP contribution in [0.2, 0.25) is 0 Å². The largest absolute Gasteiger partial charge is 0.383 e. The van der Waals surface area contributed by atoms with Crippen LogP contribution < -0.4 is 0 Å². The predicted octanol–water partition coefficient (Wildman–Crippen LogP) is 1.52. The fraction of sp³-hybridized carbons (Fsp3) is 0.714. The molecule has 1 rings (SSSR count). The summed E-state index contributed by atoms with van der Waals surface area (Å²) in [5.74, 6) is -0.182. The van der Waals surface area contributed by atoms with Gasteiger partial charge in [0.05, 0.1) is 5.92 Å². The highest BCUT2D eigenvalue weighted by molar-refractivity contribution is 8.09. The smallest absolute Gasteiger partial charge is 0.321 e. The highest BCUT2D eigenvalue weighted by Crippen LogP contribution is 2.28. The fourth-order valence-corrected chi connectivity index (χ4v) is 1.15. The summed E-state index contributed by atoms with van der Waals surface area (Å²) in [7, 11) is 0. The molecule has 11 heavy (non-hydrogen) atoms. The second-order valence-electron chi connectivity index (χ2n) is 2.61. The van der Waals surface area contributed by atoms with Gasteiger partial charge in [0.25, 0.3) is 0 Å². The van der Waals surface area contributed by atoms with Crippen LogP contribution in [0.15, 0.2) is 0 Å². The molecular weight excluding hydrogens is 164 g/mol. The second kappa shape index (κ2) is 3.76. The summed E-state index contributed by atoms with van der Waals surface area (Å²) in [5, 5.41) is -0.183. The van der Waals surface area contributed by atoms with E-state index in [2.05, 4.69) is 4.18 Å². The van der Waals surface area contributed by atoms with Crippen molar-refractivity contribution in [3.05, 3.63) is 0 Å². The molecule has 0 amide bonds. The normalized spacial score (nSPS) is 17.2. The molecule has 1 saturated carbocycles. The van der Waals surface area contributed by atoms with Crippen LogP contribution in [0.3, 0.4) is 0 Å². The molecule has 0 aromatic carbocycles. The topological polar surface area (TPSA) is 43.4 Å². The second-order valence-corrected chi connectivity index (χ2v) is 3.51. The maximum absolute atomic E-state index is 10.9. The van der Waals surface area contributed by atoms with Gasteiger partial charge in [0.1, 0.15) is 12.0 Å². The van der Waals surface area contributed by atoms with Gasteiger partial charge in [-0.05, 0) is 12.8 Å². The summed E-state index contributed by atoms with van der Waals surface area (Å²) < 4.78 is 4.64. The lowest BCUT2D eigenvalue weighted by Crippen LogP contribution is -2.22. The minimum atomic E-state index is -0.239. The molecule has 3 nitrogen and oxygen atoms in total. The van der Waals surface area contributed by atoms with Gasteiger partial charge in [0.15, 0.2) is 0 Å². The van der Waals surface area contributed by atoms with Crippen molar-refractivity contribution in [3.8, 4) is 0 Å². The summed E-state index contributed by atoms with van der Waals surface area (Å²) in [6.07, 6.45) is 2.93. The lowest BCUT2D eigenvalue weighted by Gasteiger charge is -2.21. The fourth-order valence-electron chi connectivity index (χ4n) is 0.812. The maximum Gasteiger partial charge on any atom is 0.321 e. The van der Waals surface area contributed by atoms with E-state index in [1.54, 1.807) is 0 Å². The molecule has 0 aromatic heterocycles. The van der Waals surface area contributed by atoms with Crippen molar-refractivity contribution in [2.24, 2.45) is 5.92 Å². The first-order valence-corrected chi connectivity index (χ1v) is 4.33. The molecule has 0 unspecified atom stereocenters. The van der Waals surface area contributed by atoms with E-state index in [-0.39, 0.29) is 17.0 Å². The number of hydrogen-bond donors (Lipinski definition) is 0. The van der Waals surface area contributed by atoms with E-state index in [0.717, 1.165) is 19.3 Å². The summed E-state index contributed by atoms with van der Waals surface area (Å²) in [4.78, 5) is 21.3. The van der Waals surface area contributed by atoms with E-state index in [1.165, 1.54) is 6.92 Å². The van der Waals surface area contributed by atoms with Crippen molar-refractivity contribution in [1.82, 2.24) is 0 Å². The third-order valence-electron chi connectivity index (χ3n) is 1.68. The molecular formula is C7H10O3S. The quantitative estimate of drug-likeness (QED) is 0.565. The molecule has 0 bridgehead atoms. The number of hydrogen-bond acceptors (Lipinski definition) is 4. The Balaban J connectivity index is 2.15. The highest BCUT2D eigenvalue weighted by Gasteiger charge is 2.27. The summed E-state index contributed by atoms with van der Waals surface area (Å²) in [5.41, 5.74) is 0. The SMILES string of the molecule is CC(=O)SOC(=O)C1CCC1. The summed E-state index contributed by atoms with van der Waals surface area (Å²) in [6, 6.07) is 0. The van der Waals surface area contributed by atoms with Gasteiger partial charge >= 0.3 is 5.97 Å². The van der Waals surface area contributed by atoms with Crippen molar-refractivity contribution >= 4 is 23.1 Å². The van der Waals surface area contributed by atoms with Gasteiger partial charge < -0.3 is 4.18 Å². The van der Waals surface area contributed by atoms with Crippen LogP contribution in [0, 0.1) is 5.92 Å². The van der Waals surface area contributed by atoms with Crippen molar-refractivity contribution in [2.75, 3.05) is 0 Å². The van der Waals surface area contributed by atoms with Crippen LogP contribution in [-0.4, -0.2) is 11.1 Å². The van der Waals surface area contributed by atoms with Crippen molar-refractivity contribution in [1.29, 1.82) is 0 Å². The zero-order chi connectivity index (χ0) is 8.27. The average Bonchev–Trinajstić information content (AvgIpc) is 1.79. The summed E-state index contributed by atoms with van der Waals surface area (Å²) in [6.45, 7) is 1.37. The lowest BCUT2D eigenvalue weighted by molar-refractivity contribution is -0.140. The van der Waals surface area contributed by atoms with E-state index < -0.39 is 0 Å². The van der Waals surface area contributed by atoms with Crippen LogP contribution in [0.25, 0.3) is 0 Å². The van der Waals surface area contributed by atoms with Crippen LogP contribution in [0.4, 0.5) is 0 Å².